The minimum absolute atomic E-state index is 0.157. The van der Waals surface area contributed by atoms with Gasteiger partial charge in [0.25, 0.3) is 0 Å². The van der Waals surface area contributed by atoms with Crippen molar-refractivity contribution in [1.82, 2.24) is 25.2 Å². The van der Waals surface area contributed by atoms with Crippen molar-refractivity contribution in [3.8, 4) is 0 Å². The lowest BCUT2D eigenvalue weighted by Gasteiger charge is -2.15. The first-order chi connectivity index (χ1) is 10.7. The molecule has 0 aliphatic heterocycles. The molecule has 0 aliphatic rings. The van der Waals surface area contributed by atoms with E-state index in [2.05, 4.69) is 25.8 Å². The fraction of sp³-hybridized carbons (Fsp3) is 0.154. The van der Waals surface area contributed by atoms with Crippen LogP contribution in [-0.2, 0) is 4.79 Å². The van der Waals surface area contributed by atoms with Crippen LogP contribution < -0.4 is 5.32 Å². The van der Waals surface area contributed by atoms with E-state index in [-0.39, 0.29) is 18.4 Å². The van der Waals surface area contributed by atoms with Crippen molar-refractivity contribution >= 4 is 34.5 Å². The lowest BCUT2D eigenvalue weighted by molar-refractivity contribution is -0.116. The van der Waals surface area contributed by atoms with Gasteiger partial charge in [0.2, 0.25) is 5.91 Å². The molecule has 112 valence electrons. The van der Waals surface area contributed by atoms with Crippen molar-refractivity contribution < 1.29 is 4.79 Å². The van der Waals surface area contributed by atoms with Crippen molar-refractivity contribution in [3.63, 3.8) is 0 Å². The molecular weight excluding hydrogens is 324 g/mol. The first kappa shape index (κ1) is 14.6. The number of carbonyl (C=O) groups excluding carboxylic acids is 1. The van der Waals surface area contributed by atoms with Crippen molar-refractivity contribution in [2.45, 2.75) is 12.5 Å². The Bertz CT molecular complexity index is 694. The average Bonchev–Trinajstić information content (AvgIpc) is 3.21. The SMILES string of the molecule is O=C(C[C@H](c1ccsc1)n1cnnn1)Nc1ccc(Cl)nc1. The predicted molar refractivity (Wildman–Crippen MR) is 82.8 cm³/mol. The molecule has 0 saturated heterocycles. The second kappa shape index (κ2) is 6.63. The Morgan fingerprint density at radius 2 is 2.32 bits per heavy atom. The lowest BCUT2D eigenvalue weighted by atomic mass is 10.1. The molecule has 3 heterocycles. The molecule has 0 unspecified atom stereocenters. The maximum atomic E-state index is 12.2. The molecule has 0 saturated carbocycles. The molecular formula is C13H11ClN6OS. The number of halogens is 1. The largest absolute Gasteiger partial charge is 0.325 e. The predicted octanol–water partition coefficient (Wildman–Crippen LogP) is 2.40. The smallest absolute Gasteiger partial charge is 0.226 e. The number of nitrogens with zero attached hydrogens (tertiary/aromatic N) is 5. The highest BCUT2D eigenvalue weighted by atomic mass is 35.5. The molecule has 0 spiro atoms. The molecule has 0 aromatic carbocycles. The van der Waals surface area contributed by atoms with Gasteiger partial charge in [0.1, 0.15) is 11.5 Å². The third-order valence-electron chi connectivity index (χ3n) is 3.00. The summed E-state index contributed by atoms with van der Waals surface area (Å²) in [4.78, 5) is 16.2. The minimum atomic E-state index is -0.249. The molecule has 7 nitrogen and oxygen atoms in total. The van der Waals surface area contributed by atoms with Crippen LogP contribution in [0.2, 0.25) is 5.15 Å². The highest BCUT2D eigenvalue weighted by Gasteiger charge is 2.19. The Labute approximate surface area is 134 Å². The summed E-state index contributed by atoms with van der Waals surface area (Å²) in [6.45, 7) is 0. The van der Waals surface area contributed by atoms with Crippen LogP contribution in [0.4, 0.5) is 5.69 Å². The Kier molecular flexibility index (Phi) is 4.40. The van der Waals surface area contributed by atoms with Gasteiger partial charge in [-0.2, -0.15) is 11.3 Å². The van der Waals surface area contributed by atoms with E-state index in [1.54, 1.807) is 28.2 Å². The van der Waals surface area contributed by atoms with Gasteiger partial charge in [0, 0.05) is 0 Å². The number of hydrogen-bond acceptors (Lipinski definition) is 6. The third kappa shape index (κ3) is 3.46. The summed E-state index contributed by atoms with van der Waals surface area (Å²) in [5.74, 6) is -0.157. The molecule has 0 radical (unpaired) electrons. The lowest BCUT2D eigenvalue weighted by Crippen LogP contribution is -2.20. The zero-order chi connectivity index (χ0) is 15.4. The maximum absolute atomic E-state index is 12.2. The van der Waals surface area contributed by atoms with Gasteiger partial charge in [-0.15, -0.1) is 5.10 Å². The number of pyridine rings is 1. The standard InChI is InChI=1S/C13H11ClN6OS/c14-12-2-1-10(6-15-12)17-13(21)5-11(9-3-4-22-7-9)20-8-16-18-19-20/h1-4,6-8,11H,5H2,(H,17,21)/t11-/m1/s1. The summed E-state index contributed by atoms with van der Waals surface area (Å²) in [6, 6.07) is 5.02. The summed E-state index contributed by atoms with van der Waals surface area (Å²) in [5.41, 5.74) is 1.58. The summed E-state index contributed by atoms with van der Waals surface area (Å²) >= 11 is 7.28. The molecule has 3 aromatic heterocycles. The van der Waals surface area contributed by atoms with Gasteiger partial charge in [0.15, 0.2) is 0 Å². The quantitative estimate of drug-likeness (QED) is 0.724. The van der Waals surface area contributed by atoms with E-state index in [0.717, 1.165) is 5.56 Å². The first-order valence-electron chi connectivity index (χ1n) is 6.38. The van der Waals surface area contributed by atoms with Gasteiger partial charge >= 0.3 is 0 Å². The molecule has 0 aliphatic carbocycles. The first-order valence-corrected chi connectivity index (χ1v) is 7.70. The zero-order valence-corrected chi connectivity index (χ0v) is 12.8. The van der Waals surface area contributed by atoms with Gasteiger partial charge in [-0.05, 0) is 44.9 Å². The number of aromatic nitrogens is 5. The van der Waals surface area contributed by atoms with Gasteiger partial charge < -0.3 is 5.32 Å². The molecule has 1 atom stereocenters. The van der Waals surface area contributed by atoms with Crippen LogP contribution in [0.3, 0.4) is 0 Å². The number of hydrogen-bond donors (Lipinski definition) is 1. The van der Waals surface area contributed by atoms with E-state index in [1.165, 1.54) is 12.5 Å². The van der Waals surface area contributed by atoms with E-state index in [1.807, 2.05) is 16.8 Å². The van der Waals surface area contributed by atoms with E-state index < -0.39 is 0 Å². The summed E-state index contributed by atoms with van der Waals surface area (Å²) < 4.78 is 1.57. The Hall–Kier alpha value is -2.32. The van der Waals surface area contributed by atoms with Crippen LogP contribution >= 0.6 is 22.9 Å². The monoisotopic (exact) mass is 334 g/mol. The number of amides is 1. The topological polar surface area (TPSA) is 85.6 Å². The molecule has 1 N–H and O–H groups in total. The molecule has 22 heavy (non-hydrogen) atoms. The molecule has 9 heteroatoms. The molecule has 0 bridgehead atoms. The fourth-order valence-corrected chi connectivity index (χ4v) is 2.80. The van der Waals surface area contributed by atoms with Crippen LogP contribution in [-0.4, -0.2) is 31.1 Å². The van der Waals surface area contributed by atoms with Crippen LogP contribution in [0.25, 0.3) is 0 Å². The van der Waals surface area contributed by atoms with E-state index in [9.17, 15) is 4.79 Å². The normalized spacial score (nSPS) is 12.0. The highest BCUT2D eigenvalue weighted by Crippen LogP contribution is 2.23. The molecule has 0 fully saturated rings. The van der Waals surface area contributed by atoms with Crippen LogP contribution in [0, 0.1) is 0 Å². The number of thiophene rings is 1. The number of tetrazole rings is 1. The summed E-state index contributed by atoms with van der Waals surface area (Å²) in [5, 5.41) is 18.3. The fourth-order valence-electron chi connectivity index (χ4n) is 1.98. The summed E-state index contributed by atoms with van der Waals surface area (Å²) in [6.07, 6.45) is 3.22. The second-order valence-corrected chi connectivity index (χ2v) is 5.65. The number of carbonyl (C=O) groups is 1. The average molecular weight is 335 g/mol. The molecule has 1 amide bonds. The van der Waals surface area contributed by atoms with E-state index in [4.69, 9.17) is 11.6 Å². The van der Waals surface area contributed by atoms with Crippen LogP contribution in [0.1, 0.15) is 18.0 Å². The Balaban J connectivity index is 1.73. The van der Waals surface area contributed by atoms with Gasteiger partial charge in [-0.3, -0.25) is 4.79 Å². The van der Waals surface area contributed by atoms with Crippen molar-refractivity contribution in [1.29, 1.82) is 0 Å². The van der Waals surface area contributed by atoms with E-state index in [0.29, 0.717) is 10.8 Å². The molecule has 3 aromatic rings. The van der Waals surface area contributed by atoms with Crippen molar-refractivity contribution in [2.24, 2.45) is 0 Å². The summed E-state index contributed by atoms with van der Waals surface area (Å²) in [7, 11) is 0. The van der Waals surface area contributed by atoms with Crippen LogP contribution in [0.15, 0.2) is 41.5 Å². The number of anilines is 1. The Morgan fingerprint density at radius 1 is 1.41 bits per heavy atom. The highest BCUT2D eigenvalue weighted by molar-refractivity contribution is 7.08. The number of nitrogens with one attached hydrogen (secondary N) is 1. The maximum Gasteiger partial charge on any atom is 0.226 e. The second-order valence-electron chi connectivity index (χ2n) is 4.48. The van der Waals surface area contributed by atoms with Gasteiger partial charge in [-0.1, -0.05) is 11.6 Å². The number of rotatable bonds is 5. The Morgan fingerprint density at radius 3 is 2.95 bits per heavy atom. The van der Waals surface area contributed by atoms with Gasteiger partial charge in [-0.25, -0.2) is 9.67 Å². The van der Waals surface area contributed by atoms with E-state index >= 15 is 0 Å². The third-order valence-corrected chi connectivity index (χ3v) is 3.93. The minimum Gasteiger partial charge on any atom is -0.325 e. The molecule has 3 rings (SSSR count). The van der Waals surface area contributed by atoms with Gasteiger partial charge in [0.05, 0.1) is 24.3 Å². The van der Waals surface area contributed by atoms with Crippen molar-refractivity contribution in [2.75, 3.05) is 5.32 Å². The zero-order valence-electron chi connectivity index (χ0n) is 11.3. The van der Waals surface area contributed by atoms with Crippen LogP contribution in [0.5, 0.6) is 0 Å². The van der Waals surface area contributed by atoms with Crippen molar-refractivity contribution in [3.05, 3.63) is 52.2 Å².